The number of Topliss-reactive ketones (excluding diaryl/α,β-unsaturated/α-hetero) is 1. The number of nitrogens with zero attached hydrogens (tertiary/aromatic N) is 1. The Morgan fingerprint density at radius 3 is 2.08 bits per heavy atom. The number of carbonyl (C=O) groups excluding carboxylic acids is 2. The molecule has 7 heteroatoms. The maximum atomic E-state index is 13.7. The van der Waals surface area contributed by atoms with Gasteiger partial charge in [-0.25, -0.2) is 13.2 Å². The average Bonchev–Trinajstić information content (AvgIpc) is 2.52. The number of halogens is 3. The molecule has 1 fully saturated rings. The Kier molecular flexibility index (Phi) is 5.64. The van der Waals surface area contributed by atoms with Crippen LogP contribution in [0.25, 0.3) is 0 Å². The van der Waals surface area contributed by atoms with Crippen molar-refractivity contribution in [1.29, 1.82) is 0 Å². The van der Waals surface area contributed by atoms with Gasteiger partial charge < -0.3 is 10.6 Å². The van der Waals surface area contributed by atoms with Crippen LogP contribution in [0.4, 0.5) is 13.2 Å². The molecule has 1 heterocycles. The topological polar surface area (TPSA) is 63.4 Å². The summed E-state index contributed by atoms with van der Waals surface area (Å²) in [7, 11) is 0. The van der Waals surface area contributed by atoms with E-state index in [0.717, 1.165) is 0 Å². The van der Waals surface area contributed by atoms with Gasteiger partial charge in [0.25, 0.3) is 0 Å². The fourth-order valence-electron chi connectivity index (χ4n) is 2.84. The van der Waals surface area contributed by atoms with Gasteiger partial charge in [-0.2, -0.15) is 0 Å². The zero-order valence-corrected chi connectivity index (χ0v) is 13.7. The SMILES string of the molecule is CC(C)[C@H](N)C(=O)N1CCC(C(=O)c2c(F)cc(F)cc2F)CC1. The van der Waals surface area contributed by atoms with Gasteiger partial charge in [-0.3, -0.25) is 9.59 Å². The molecule has 2 rings (SSSR count). The van der Waals surface area contributed by atoms with Crippen molar-refractivity contribution in [2.75, 3.05) is 13.1 Å². The molecule has 0 aromatic heterocycles. The zero-order valence-electron chi connectivity index (χ0n) is 13.7. The van der Waals surface area contributed by atoms with Gasteiger partial charge in [0.05, 0.1) is 11.6 Å². The van der Waals surface area contributed by atoms with E-state index < -0.39 is 40.8 Å². The molecular formula is C17H21F3N2O2. The molecular weight excluding hydrogens is 321 g/mol. The Labute approximate surface area is 138 Å². The molecule has 1 amide bonds. The predicted octanol–water partition coefficient (Wildman–Crippen LogP) is 2.51. The predicted molar refractivity (Wildman–Crippen MR) is 82.8 cm³/mol. The van der Waals surface area contributed by atoms with Gasteiger partial charge >= 0.3 is 0 Å². The van der Waals surface area contributed by atoms with Crippen molar-refractivity contribution in [3.63, 3.8) is 0 Å². The number of likely N-dealkylation sites (tertiary alicyclic amines) is 1. The highest BCUT2D eigenvalue weighted by Crippen LogP contribution is 2.26. The molecule has 4 nitrogen and oxygen atoms in total. The smallest absolute Gasteiger partial charge is 0.239 e. The molecule has 1 saturated heterocycles. The van der Waals surface area contributed by atoms with Gasteiger partial charge in [-0.15, -0.1) is 0 Å². The second-order valence-electron chi connectivity index (χ2n) is 6.48. The lowest BCUT2D eigenvalue weighted by Gasteiger charge is -2.33. The van der Waals surface area contributed by atoms with Crippen molar-refractivity contribution in [3.05, 3.63) is 35.1 Å². The van der Waals surface area contributed by atoms with Crippen LogP contribution >= 0.6 is 0 Å². The van der Waals surface area contributed by atoms with E-state index in [-0.39, 0.29) is 11.8 Å². The van der Waals surface area contributed by atoms with Crippen LogP contribution in [-0.2, 0) is 4.79 Å². The number of hydrogen-bond donors (Lipinski definition) is 1. The quantitative estimate of drug-likeness (QED) is 0.855. The maximum Gasteiger partial charge on any atom is 0.239 e. The molecule has 24 heavy (non-hydrogen) atoms. The van der Waals surface area contributed by atoms with Crippen molar-refractivity contribution in [3.8, 4) is 0 Å². The Morgan fingerprint density at radius 2 is 1.62 bits per heavy atom. The molecule has 0 saturated carbocycles. The lowest BCUT2D eigenvalue weighted by molar-refractivity contribution is -0.134. The Hall–Kier alpha value is -1.89. The van der Waals surface area contributed by atoms with Gasteiger partial charge in [0.15, 0.2) is 5.78 Å². The van der Waals surface area contributed by atoms with Gasteiger partial charge in [0.2, 0.25) is 5.91 Å². The van der Waals surface area contributed by atoms with Crippen molar-refractivity contribution < 1.29 is 22.8 Å². The molecule has 0 unspecified atom stereocenters. The summed E-state index contributed by atoms with van der Waals surface area (Å²) in [4.78, 5) is 26.1. The summed E-state index contributed by atoms with van der Waals surface area (Å²) < 4.78 is 40.4. The number of nitrogens with two attached hydrogens (primary N) is 1. The summed E-state index contributed by atoms with van der Waals surface area (Å²) in [5.74, 6) is -4.93. The number of hydrogen-bond acceptors (Lipinski definition) is 3. The first-order chi connectivity index (χ1) is 11.2. The minimum atomic E-state index is -1.20. The average molecular weight is 342 g/mol. The molecule has 1 aliphatic rings. The first-order valence-electron chi connectivity index (χ1n) is 7.95. The first kappa shape index (κ1) is 18.4. The fourth-order valence-corrected chi connectivity index (χ4v) is 2.84. The minimum absolute atomic E-state index is 0.000683. The van der Waals surface area contributed by atoms with Crippen LogP contribution in [0.15, 0.2) is 12.1 Å². The van der Waals surface area contributed by atoms with E-state index >= 15 is 0 Å². The van der Waals surface area contributed by atoms with Crippen LogP contribution in [0.5, 0.6) is 0 Å². The number of amides is 1. The summed E-state index contributed by atoms with van der Waals surface area (Å²) in [6.45, 7) is 4.30. The molecule has 0 spiro atoms. The zero-order chi connectivity index (χ0) is 18.0. The Balaban J connectivity index is 2.05. The van der Waals surface area contributed by atoms with Crippen LogP contribution in [0.2, 0.25) is 0 Å². The summed E-state index contributed by atoms with van der Waals surface area (Å²) in [5.41, 5.74) is 5.13. The van der Waals surface area contributed by atoms with Crippen LogP contribution in [0, 0.1) is 29.3 Å². The number of ketones is 1. The summed E-state index contributed by atoms with van der Waals surface area (Å²) in [6, 6.07) is 0.386. The lowest BCUT2D eigenvalue weighted by atomic mass is 9.88. The number of carbonyl (C=O) groups is 2. The van der Waals surface area contributed by atoms with Crippen LogP contribution in [-0.4, -0.2) is 35.7 Å². The van der Waals surface area contributed by atoms with Gasteiger partial charge in [0.1, 0.15) is 17.5 Å². The lowest BCUT2D eigenvalue weighted by Crippen LogP contribution is -2.49. The van der Waals surface area contributed by atoms with E-state index in [0.29, 0.717) is 38.1 Å². The van der Waals surface area contributed by atoms with Crippen LogP contribution < -0.4 is 5.73 Å². The van der Waals surface area contributed by atoms with Gasteiger partial charge in [0, 0.05) is 31.1 Å². The largest absolute Gasteiger partial charge is 0.341 e. The molecule has 0 radical (unpaired) electrons. The van der Waals surface area contributed by atoms with E-state index in [2.05, 4.69) is 0 Å². The molecule has 132 valence electrons. The molecule has 1 aromatic rings. The van der Waals surface area contributed by atoms with Gasteiger partial charge in [-0.05, 0) is 18.8 Å². The van der Waals surface area contributed by atoms with E-state index in [1.165, 1.54) is 0 Å². The number of rotatable bonds is 4. The number of benzene rings is 1. The second kappa shape index (κ2) is 7.34. The van der Waals surface area contributed by atoms with Crippen LogP contribution in [0.1, 0.15) is 37.0 Å². The van der Waals surface area contributed by atoms with Crippen molar-refractivity contribution in [2.24, 2.45) is 17.6 Å². The summed E-state index contributed by atoms with van der Waals surface area (Å²) >= 11 is 0. The third kappa shape index (κ3) is 3.77. The fraction of sp³-hybridized carbons (Fsp3) is 0.529. The minimum Gasteiger partial charge on any atom is -0.341 e. The molecule has 1 aromatic carbocycles. The standard InChI is InChI=1S/C17H21F3N2O2/c1-9(2)15(21)17(24)22-5-3-10(4-6-22)16(23)14-12(19)7-11(18)8-13(14)20/h7-10,15H,3-6,21H2,1-2H3/t15-/m0/s1. The molecule has 0 bridgehead atoms. The monoisotopic (exact) mass is 342 g/mol. The highest BCUT2D eigenvalue weighted by Gasteiger charge is 2.33. The molecule has 0 aliphatic carbocycles. The normalized spacial score (nSPS) is 17.2. The van der Waals surface area contributed by atoms with Crippen LogP contribution in [0.3, 0.4) is 0 Å². The van der Waals surface area contributed by atoms with Crippen molar-refractivity contribution >= 4 is 11.7 Å². The highest BCUT2D eigenvalue weighted by molar-refractivity contribution is 5.98. The van der Waals surface area contributed by atoms with Gasteiger partial charge in [-0.1, -0.05) is 13.8 Å². The highest BCUT2D eigenvalue weighted by atomic mass is 19.1. The van der Waals surface area contributed by atoms with Crippen molar-refractivity contribution in [1.82, 2.24) is 4.90 Å². The molecule has 1 aliphatic heterocycles. The molecule has 2 N–H and O–H groups in total. The van der Waals surface area contributed by atoms with Crippen molar-refractivity contribution in [2.45, 2.75) is 32.7 Å². The number of piperidine rings is 1. The van der Waals surface area contributed by atoms with E-state index in [9.17, 15) is 22.8 Å². The van der Waals surface area contributed by atoms with E-state index in [1.54, 1.807) is 4.90 Å². The third-order valence-electron chi connectivity index (χ3n) is 4.43. The second-order valence-corrected chi connectivity index (χ2v) is 6.48. The Bertz CT molecular complexity index is 618. The van der Waals surface area contributed by atoms with E-state index in [4.69, 9.17) is 5.73 Å². The summed E-state index contributed by atoms with van der Waals surface area (Å²) in [6.07, 6.45) is 0.595. The molecule has 1 atom stereocenters. The Morgan fingerprint density at radius 1 is 1.12 bits per heavy atom. The summed E-state index contributed by atoms with van der Waals surface area (Å²) in [5, 5.41) is 0. The third-order valence-corrected chi connectivity index (χ3v) is 4.43. The first-order valence-corrected chi connectivity index (χ1v) is 7.95. The van der Waals surface area contributed by atoms with E-state index in [1.807, 2.05) is 13.8 Å². The maximum absolute atomic E-state index is 13.7.